The molecule has 0 aromatic heterocycles. The fourth-order valence-corrected chi connectivity index (χ4v) is 2.63. The lowest BCUT2D eigenvalue weighted by atomic mass is 10.4. The first-order valence-corrected chi connectivity index (χ1v) is 21.8. The van der Waals surface area contributed by atoms with Gasteiger partial charge in [-0.15, -0.1) is 6.42 Å². The molecule has 0 N–H and O–H groups in total. The van der Waals surface area contributed by atoms with E-state index in [4.69, 9.17) is 11.7 Å². The van der Waals surface area contributed by atoms with Crippen molar-refractivity contribution in [2.24, 2.45) is 0 Å². The zero-order chi connectivity index (χ0) is 62.8. The molecule has 0 unspecified atom stereocenters. The number of hydrogen-bond donors (Lipinski definition) is 0. The molecule has 0 saturated heterocycles. The van der Waals surface area contributed by atoms with Crippen LogP contribution in [-0.2, 0) is 0 Å². The van der Waals surface area contributed by atoms with E-state index in [-0.39, 0.29) is 0 Å². The molecule has 0 heterocycles. The number of hydrogen-bond acceptors (Lipinski definition) is 1. The lowest BCUT2D eigenvalue weighted by Gasteiger charge is -1.58. The molecular formula is C87HN. The first kappa shape index (κ1) is 68.6. The van der Waals surface area contributed by atoms with Crippen LogP contribution in [-0.4, -0.2) is 0 Å². The van der Waals surface area contributed by atoms with Crippen LogP contribution in [0.3, 0.4) is 0 Å². The fraction of sp³-hybridized carbons (Fsp3) is 0. The zero-order valence-corrected chi connectivity index (χ0v) is 44.0. The summed E-state index contributed by atoms with van der Waals surface area (Å²) < 4.78 is 0. The Kier molecular flexibility index (Phi) is 52.7. The van der Waals surface area contributed by atoms with E-state index in [1.54, 1.807) is 6.07 Å². The van der Waals surface area contributed by atoms with E-state index in [0.717, 1.165) is 0 Å². The van der Waals surface area contributed by atoms with Crippen LogP contribution in [0.5, 0.6) is 0 Å². The standard InChI is InChI=1S/C87HN/c1-2-3-4-5-6-7-8-9-10-11-12-13-14-15-16-17-18-19-20-21-22-23-24-25-26-27-28-29-30-31-32-33-34-35-36-37-38-39-40-41-42-43-44-45-46-47-48-49-50-51-52-53-54-55-56-57-58-59-60-61-62-63-64-65-66-67-68-69-70-71-72-73-74-75-76-77-78-79-80-81-82-83-84-85-86-87-88/h1H. The Balaban J connectivity index is 4.63. The van der Waals surface area contributed by atoms with Gasteiger partial charge in [0, 0.05) is 456 Å². The molecule has 0 aliphatic rings. The number of rotatable bonds is 0. The van der Waals surface area contributed by atoms with E-state index < -0.39 is 0 Å². The Morgan fingerprint density at radius 3 is 0.205 bits per heavy atom. The molecule has 0 aromatic carbocycles. The summed E-state index contributed by atoms with van der Waals surface area (Å²) in [5, 5.41) is 8.22. The number of terminal acetylenes is 1. The van der Waals surface area contributed by atoms with Crippen LogP contribution in [0.25, 0.3) is 0 Å². The van der Waals surface area contributed by atoms with Crippen LogP contribution in [0.2, 0.25) is 0 Å². The molecule has 354 valence electrons. The van der Waals surface area contributed by atoms with Crippen molar-refractivity contribution in [3.05, 3.63) is 0 Å². The van der Waals surface area contributed by atoms with Crippen LogP contribution in [0, 0.1) is 521 Å². The van der Waals surface area contributed by atoms with Gasteiger partial charge in [0.1, 0.15) is 0 Å². The molecule has 1 nitrogen and oxygen atoms in total. The lowest BCUT2D eigenvalue weighted by molar-refractivity contribution is 1.55. The topological polar surface area (TPSA) is 23.8 Å². The normalized spacial score (nSPS) is 3.93. The second-order valence-electron chi connectivity index (χ2n) is 10.8. The van der Waals surface area contributed by atoms with Gasteiger partial charge in [0.05, 0.1) is 0 Å². The number of nitriles is 1. The maximum absolute atomic E-state index is 8.22. The van der Waals surface area contributed by atoms with E-state index >= 15 is 0 Å². The van der Waals surface area contributed by atoms with Gasteiger partial charge >= 0.3 is 0 Å². The first-order valence-electron chi connectivity index (χ1n) is 21.8. The highest BCUT2D eigenvalue weighted by atomic mass is 14.2. The third-order valence-electron chi connectivity index (χ3n) is 5.32. The van der Waals surface area contributed by atoms with Gasteiger partial charge in [0.2, 0.25) is 0 Å². The van der Waals surface area contributed by atoms with Crippen molar-refractivity contribution in [2.45, 2.75) is 0 Å². The summed E-state index contributed by atoms with van der Waals surface area (Å²) in [6.45, 7) is 0. The van der Waals surface area contributed by atoms with E-state index in [1.807, 2.05) is 0 Å². The third-order valence-corrected chi connectivity index (χ3v) is 5.32. The summed E-state index contributed by atoms with van der Waals surface area (Å²) >= 11 is 0. The van der Waals surface area contributed by atoms with Gasteiger partial charge in [0.25, 0.3) is 0 Å². The summed E-state index contributed by atoms with van der Waals surface area (Å²) in [7, 11) is 0. The highest BCUT2D eigenvalue weighted by Gasteiger charge is 1.66. The van der Waals surface area contributed by atoms with Gasteiger partial charge in [-0.25, -0.2) is 0 Å². The van der Waals surface area contributed by atoms with Crippen molar-refractivity contribution in [3.63, 3.8) is 0 Å². The summed E-state index contributed by atoms with van der Waals surface area (Å²) in [6, 6.07) is 1.62. The average molecular weight is 1060 g/mol. The van der Waals surface area contributed by atoms with Crippen LogP contribution >= 0.6 is 0 Å². The van der Waals surface area contributed by atoms with Crippen LogP contribution in [0.1, 0.15) is 0 Å². The maximum Gasteiger partial charge on any atom is 0.153 e. The van der Waals surface area contributed by atoms with E-state index in [0.29, 0.717) is 0 Å². The molecule has 0 fully saturated rings. The predicted molar refractivity (Wildman–Crippen MR) is 341 cm³/mol. The summed E-state index contributed by atoms with van der Waals surface area (Å²) in [6.07, 6.45) is 4.95. The van der Waals surface area contributed by atoms with Crippen LogP contribution in [0.15, 0.2) is 0 Å². The second-order valence-corrected chi connectivity index (χ2v) is 10.8. The molecule has 0 aliphatic carbocycles. The molecule has 0 radical (unpaired) electrons. The third kappa shape index (κ3) is 66.6. The van der Waals surface area contributed by atoms with Gasteiger partial charge < -0.3 is 0 Å². The van der Waals surface area contributed by atoms with Crippen LogP contribution < -0.4 is 0 Å². The summed E-state index contributed by atoms with van der Waals surface area (Å²) in [5.41, 5.74) is 0. The SMILES string of the molecule is C#CC#CC#CC#CC#CC#CC#CC#CC#CC#CC#CC#CC#CC#CC#CC#CC#CC#CC#CC#CC#CC#CC#CC#CC#CC#CC#CC#CC#CC#CC#CC#CC#CC#CC#CC#CC#CC#CC#CC#CC#CC#CC#CC#N. The molecule has 0 rings (SSSR count). The van der Waals surface area contributed by atoms with E-state index in [2.05, 4.69) is 503 Å². The number of nitrogens with zero attached hydrogens (tertiary/aromatic N) is 1. The minimum atomic E-state index is 1.62. The van der Waals surface area contributed by atoms with Crippen molar-refractivity contribution in [2.75, 3.05) is 0 Å². The molecule has 0 bridgehead atoms. The molecule has 0 spiro atoms. The minimum Gasteiger partial charge on any atom is -0.183 e. The Bertz CT molecular complexity index is 5710. The quantitative estimate of drug-likeness (QED) is 0.321. The minimum absolute atomic E-state index is 1.62. The largest absolute Gasteiger partial charge is 0.183 e. The predicted octanol–water partition coefficient (Wildman–Crippen LogP) is 0.286. The molecule has 0 atom stereocenters. The highest BCUT2D eigenvalue weighted by molar-refractivity contribution is 5.54. The average Bonchev–Trinajstić information content (AvgIpc) is 3.54. The highest BCUT2D eigenvalue weighted by Crippen LogP contribution is 1.66. The smallest absolute Gasteiger partial charge is 0.153 e. The van der Waals surface area contributed by atoms with Gasteiger partial charge in [-0.3, -0.25) is 0 Å². The van der Waals surface area contributed by atoms with Gasteiger partial charge in [-0.1, -0.05) is 0 Å². The van der Waals surface area contributed by atoms with Gasteiger partial charge in [-0.2, -0.15) is 5.26 Å². The molecule has 88 heavy (non-hydrogen) atoms. The van der Waals surface area contributed by atoms with Crippen LogP contribution in [0.4, 0.5) is 0 Å². The Morgan fingerprint density at radius 1 is 0.0909 bits per heavy atom. The van der Waals surface area contributed by atoms with Gasteiger partial charge in [0.15, 0.2) is 6.07 Å². The van der Waals surface area contributed by atoms with E-state index in [1.165, 1.54) is 0 Å². The van der Waals surface area contributed by atoms with Crippen molar-refractivity contribution in [1.82, 2.24) is 0 Å². The molecule has 0 aliphatic heterocycles. The zero-order valence-electron chi connectivity index (χ0n) is 44.0. The first-order chi connectivity index (χ1) is 43.9. The second kappa shape index (κ2) is 67.6. The van der Waals surface area contributed by atoms with E-state index in [9.17, 15) is 0 Å². The molecule has 1 heteroatoms. The molecule has 0 amide bonds. The fourth-order valence-electron chi connectivity index (χ4n) is 2.63. The summed E-state index contributed by atoms with van der Waals surface area (Å²) in [4.78, 5) is 0. The molecule has 0 aromatic rings. The van der Waals surface area contributed by atoms with Gasteiger partial charge in [-0.05, 0) is 47.4 Å². The molecular weight excluding hydrogens is 1060 g/mol. The van der Waals surface area contributed by atoms with Crippen molar-refractivity contribution in [1.29, 1.82) is 5.26 Å². The maximum atomic E-state index is 8.22. The monoisotopic (exact) mass is 1060 g/mol. The summed E-state index contributed by atoms with van der Waals surface area (Å²) in [5.74, 6) is 210. The van der Waals surface area contributed by atoms with Crippen molar-refractivity contribution < 1.29 is 0 Å². The Labute approximate surface area is 517 Å². The molecule has 0 saturated carbocycles. The Hall–Kier alpha value is -19.4. The Morgan fingerprint density at radius 2 is 0.148 bits per heavy atom. The van der Waals surface area contributed by atoms with Crippen molar-refractivity contribution in [3.8, 4) is 516 Å². The van der Waals surface area contributed by atoms with Crippen molar-refractivity contribution >= 4 is 0 Å². The lowest BCUT2D eigenvalue weighted by Crippen LogP contribution is -1.57.